The molecule has 0 saturated carbocycles. The molecule has 0 bridgehead atoms. The summed E-state index contributed by atoms with van der Waals surface area (Å²) in [6.45, 7) is 4.27. The maximum atomic E-state index is 12.8. The van der Waals surface area contributed by atoms with Crippen molar-refractivity contribution in [3.05, 3.63) is 59.4 Å². The molecule has 0 heterocycles. The minimum Gasteiger partial charge on any atom is -0.207 e. The van der Waals surface area contributed by atoms with E-state index in [2.05, 4.69) is 32.0 Å². The molecule has 0 radical (unpaired) electrons. The van der Waals surface area contributed by atoms with Crippen LogP contribution in [0, 0.1) is 12.7 Å². The van der Waals surface area contributed by atoms with Gasteiger partial charge >= 0.3 is 0 Å². The van der Waals surface area contributed by atoms with Crippen molar-refractivity contribution in [3.8, 4) is 11.1 Å². The first-order valence-corrected chi connectivity index (χ1v) is 5.56. The molecule has 0 amide bonds. The van der Waals surface area contributed by atoms with E-state index in [-0.39, 0.29) is 5.82 Å². The monoisotopic (exact) mass is 214 g/mol. The van der Waals surface area contributed by atoms with E-state index in [0.29, 0.717) is 0 Å². The van der Waals surface area contributed by atoms with Gasteiger partial charge < -0.3 is 0 Å². The summed E-state index contributed by atoms with van der Waals surface area (Å²) in [5.74, 6) is -0.188. The van der Waals surface area contributed by atoms with Gasteiger partial charge in [0.05, 0.1) is 0 Å². The van der Waals surface area contributed by atoms with Crippen LogP contribution in [0.5, 0.6) is 0 Å². The van der Waals surface area contributed by atoms with E-state index in [4.69, 9.17) is 0 Å². The smallest absolute Gasteiger partial charge is 0.123 e. The first kappa shape index (κ1) is 10.9. The van der Waals surface area contributed by atoms with Gasteiger partial charge in [0, 0.05) is 0 Å². The van der Waals surface area contributed by atoms with Gasteiger partial charge in [0.25, 0.3) is 0 Å². The Morgan fingerprint density at radius 1 is 0.938 bits per heavy atom. The Balaban J connectivity index is 2.44. The molecule has 0 aliphatic rings. The van der Waals surface area contributed by atoms with Crippen LogP contribution in [0.25, 0.3) is 11.1 Å². The van der Waals surface area contributed by atoms with Crippen molar-refractivity contribution < 1.29 is 4.39 Å². The lowest BCUT2D eigenvalue weighted by Crippen LogP contribution is -1.88. The molecule has 0 atom stereocenters. The summed E-state index contributed by atoms with van der Waals surface area (Å²) in [5.41, 5.74) is 4.88. The largest absolute Gasteiger partial charge is 0.207 e. The molecule has 0 aliphatic carbocycles. The van der Waals surface area contributed by atoms with Gasteiger partial charge in [-0.3, -0.25) is 0 Å². The molecule has 0 aliphatic heterocycles. The van der Waals surface area contributed by atoms with E-state index >= 15 is 0 Å². The zero-order chi connectivity index (χ0) is 11.5. The summed E-state index contributed by atoms with van der Waals surface area (Å²) < 4.78 is 12.8. The first-order chi connectivity index (χ1) is 7.70. The van der Waals surface area contributed by atoms with Crippen LogP contribution in [0.3, 0.4) is 0 Å². The molecule has 0 N–H and O–H groups in total. The SMILES string of the molecule is CCc1cc(-c2ccc(F)cc2)ccc1C. The number of halogens is 1. The van der Waals surface area contributed by atoms with Gasteiger partial charge in [-0.2, -0.15) is 0 Å². The highest BCUT2D eigenvalue weighted by Gasteiger charge is 2.01. The molecule has 2 aromatic rings. The average Bonchev–Trinajstić information content (AvgIpc) is 2.31. The Bertz CT molecular complexity index is 483. The molecule has 0 fully saturated rings. The number of aryl methyl sites for hydroxylation is 2. The highest BCUT2D eigenvalue weighted by molar-refractivity contribution is 5.64. The fourth-order valence-corrected chi connectivity index (χ4v) is 1.87. The van der Waals surface area contributed by atoms with E-state index in [1.54, 1.807) is 0 Å². The molecule has 0 aromatic heterocycles. The van der Waals surface area contributed by atoms with Gasteiger partial charge in [-0.25, -0.2) is 4.39 Å². The van der Waals surface area contributed by atoms with Crippen LogP contribution in [0.2, 0.25) is 0 Å². The third kappa shape index (κ3) is 2.13. The fourth-order valence-electron chi connectivity index (χ4n) is 1.87. The standard InChI is InChI=1S/C15H15F/c1-3-12-10-14(5-4-11(12)2)13-6-8-15(16)9-7-13/h4-10H,3H2,1-2H3. The molecule has 0 spiro atoms. The number of hydrogen-bond donors (Lipinski definition) is 0. The second-order valence-electron chi connectivity index (χ2n) is 4.00. The maximum Gasteiger partial charge on any atom is 0.123 e. The van der Waals surface area contributed by atoms with Gasteiger partial charge in [0.2, 0.25) is 0 Å². The Morgan fingerprint density at radius 2 is 1.56 bits per heavy atom. The molecule has 2 aromatic carbocycles. The average molecular weight is 214 g/mol. The van der Waals surface area contributed by atoms with Crippen molar-refractivity contribution in [3.63, 3.8) is 0 Å². The number of benzene rings is 2. The molecule has 82 valence electrons. The van der Waals surface area contributed by atoms with Crippen molar-refractivity contribution >= 4 is 0 Å². The fraction of sp³-hybridized carbons (Fsp3) is 0.200. The molecular weight excluding hydrogens is 199 g/mol. The molecule has 0 nitrogen and oxygen atoms in total. The Morgan fingerprint density at radius 3 is 2.19 bits per heavy atom. The normalized spacial score (nSPS) is 10.4. The second kappa shape index (κ2) is 4.48. The van der Waals surface area contributed by atoms with Gasteiger partial charge in [-0.15, -0.1) is 0 Å². The Labute approximate surface area is 95.7 Å². The molecule has 16 heavy (non-hydrogen) atoms. The van der Waals surface area contributed by atoms with E-state index in [0.717, 1.165) is 17.5 Å². The second-order valence-corrected chi connectivity index (χ2v) is 4.00. The quantitative estimate of drug-likeness (QED) is 0.696. The van der Waals surface area contributed by atoms with Crippen molar-refractivity contribution in [1.82, 2.24) is 0 Å². The third-order valence-corrected chi connectivity index (χ3v) is 2.91. The summed E-state index contributed by atoms with van der Waals surface area (Å²) >= 11 is 0. The summed E-state index contributed by atoms with van der Waals surface area (Å²) in [7, 11) is 0. The van der Waals surface area contributed by atoms with Crippen LogP contribution in [-0.2, 0) is 6.42 Å². The van der Waals surface area contributed by atoms with Gasteiger partial charge in [0.1, 0.15) is 5.82 Å². The van der Waals surface area contributed by atoms with Crippen LogP contribution in [-0.4, -0.2) is 0 Å². The maximum absolute atomic E-state index is 12.8. The highest BCUT2D eigenvalue weighted by atomic mass is 19.1. The van der Waals surface area contributed by atoms with Crippen molar-refractivity contribution in [1.29, 1.82) is 0 Å². The van der Waals surface area contributed by atoms with E-state index in [1.807, 2.05) is 12.1 Å². The van der Waals surface area contributed by atoms with Gasteiger partial charge in [-0.05, 0) is 47.7 Å². The van der Waals surface area contributed by atoms with Crippen molar-refractivity contribution in [2.24, 2.45) is 0 Å². The molecule has 0 saturated heterocycles. The summed E-state index contributed by atoms with van der Waals surface area (Å²) in [6, 6.07) is 13.0. The number of rotatable bonds is 2. The highest BCUT2D eigenvalue weighted by Crippen LogP contribution is 2.22. The lowest BCUT2D eigenvalue weighted by atomic mass is 9.98. The lowest BCUT2D eigenvalue weighted by molar-refractivity contribution is 0.628. The minimum absolute atomic E-state index is 0.188. The molecule has 1 heteroatoms. The summed E-state index contributed by atoms with van der Waals surface area (Å²) in [4.78, 5) is 0. The Hall–Kier alpha value is -1.63. The predicted octanol–water partition coefficient (Wildman–Crippen LogP) is 4.36. The van der Waals surface area contributed by atoms with Gasteiger partial charge in [-0.1, -0.05) is 37.3 Å². The topological polar surface area (TPSA) is 0 Å². The summed E-state index contributed by atoms with van der Waals surface area (Å²) in [6.07, 6.45) is 1.03. The van der Waals surface area contributed by atoms with Crippen molar-refractivity contribution in [2.75, 3.05) is 0 Å². The van der Waals surface area contributed by atoms with E-state index in [9.17, 15) is 4.39 Å². The lowest BCUT2D eigenvalue weighted by Gasteiger charge is -2.07. The van der Waals surface area contributed by atoms with Crippen LogP contribution < -0.4 is 0 Å². The zero-order valence-electron chi connectivity index (χ0n) is 9.63. The van der Waals surface area contributed by atoms with Crippen LogP contribution in [0.4, 0.5) is 4.39 Å². The molecule has 2 rings (SSSR count). The molecular formula is C15H15F. The van der Waals surface area contributed by atoms with E-state index in [1.165, 1.54) is 23.3 Å². The predicted molar refractivity (Wildman–Crippen MR) is 66.0 cm³/mol. The van der Waals surface area contributed by atoms with Gasteiger partial charge in [0.15, 0.2) is 0 Å². The zero-order valence-corrected chi connectivity index (χ0v) is 9.63. The summed E-state index contributed by atoms with van der Waals surface area (Å²) in [5, 5.41) is 0. The van der Waals surface area contributed by atoms with Crippen LogP contribution in [0.1, 0.15) is 18.1 Å². The molecule has 0 unspecified atom stereocenters. The van der Waals surface area contributed by atoms with Crippen molar-refractivity contribution in [2.45, 2.75) is 20.3 Å². The van der Waals surface area contributed by atoms with Crippen LogP contribution >= 0.6 is 0 Å². The van der Waals surface area contributed by atoms with Crippen LogP contribution in [0.15, 0.2) is 42.5 Å². The first-order valence-electron chi connectivity index (χ1n) is 5.56. The Kier molecular flexibility index (Phi) is 3.04. The number of hydrogen-bond acceptors (Lipinski definition) is 0. The third-order valence-electron chi connectivity index (χ3n) is 2.91. The minimum atomic E-state index is -0.188. The van der Waals surface area contributed by atoms with E-state index < -0.39 is 0 Å².